The highest BCUT2D eigenvalue weighted by atomic mass is 16.5. The van der Waals surface area contributed by atoms with E-state index in [2.05, 4.69) is 10.6 Å². The van der Waals surface area contributed by atoms with Crippen molar-refractivity contribution in [1.82, 2.24) is 58.5 Å². The van der Waals surface area contributed by atoms with Crippen molar-refractivity contribution >= 4 is 86.7 Å². The van der Waals surface area contributed by atoms with Crippen molar-refractivity contribution < 1.29 is 210 Å². The number of unbranched alkanes of at least 4 members (excludes halogenated alkanes) is 4. The van der Waals surface area contributed by atoms with Gasteiger partial charge < -0.3 is 215 Å². The van der Waals surface area contributed by atoms with Gasteiger partial charge in [-0.25, -0.2) is 4.79 Å². The number of aliphatic hydroxyl groups excluding tert-OH is 27. The Morgan fingerprint density at radius 1 is 0.250 bits per heavy atom. The number of aliphatic hydroxyl groups is 27. The third-order valence-electron chi connectivity index (χ3n) is 23.8. The molecule has 0 saturated heterocycles. The van der Waals surface area contributed by atoms with Gasteiger partial charge in [-0.1, -0.05) is 67.8 Å². The fourth-order valence-electron chi connectivity index (χ4n) is 13.4. The Hall–Kier alpha value is -9.05. The number of alkyl carbamates (subject to hydrolysis) is 1. The van der Waals surface area contributed by atoms with Crippen molar-refractivity contribution in [2.24, 2.45) is 16.2 Å². The number of carbonyl (C=O) groups is 11. The molecule has 0 bridgehead atoms. The standard InChI is InChI=1S/C83H137N11O42/c95-25-71(26-96,27-97)86-61(123)81(62(124)87-72(28-98,29-99)30-100,63(125)88-73(31-101,32-102)33-103)16-10-20-133-52-80(85-60(122)15-4-2-1-3-9-19-84-70(132)136-24-59-57-13-7-5-11-55(57)23-56-12-6-8-14-58(56)59,53-134-21-17-82(64(126)89-74(34-104,35-105)36-106,65(127)90-75(37-107,38-108)39-109)66(128)91-76(40-110,41-111)42-112)54-135-22-18-83(67(129)92-77(43-113,44-114)45-115,68(130)93-78(46-116,47-117)48-118)69(131)94-79(49-119,50-120)51-121/h5-8,11-14,23,95-121H,1-4,9-10,15-22,24-54H2,(H,84,132)(H,85,122)(H,86,123)(H,87,124)(H,88,125)(H,89,126)(H,90,127)(H,91,128)(H,92,129)(H,93,130)(H,94,131). The molecular formula is C83H137N11O42. The Morgan fingerprint density at radius 3 is 0.735 bits per heavy atom. The first-order valence-corrected chi connectivity index (χ1v) is 43.0. The molecule has 0 unspecified atom stereocenters. The lowest BCUT2D eigenvalue weighted by Gasteiger charge is -2.41. The van der Waals surface area contributed by atoms with Crippen molar-refractivity contribution in [2.75, 3.05) is 225 Å². The molecule has 3 aromatic rings. The number of carbonyl (C=O) groups excluding carboxylic acids is 11. The molecule has 0 aromatic heterocycles. The highest BCUT2D eigenvalue weighted by Gasteiger charge is 2.61. The van der Waals surface area contributed by atoms with E-state index in [4.69, 9.17) is 18.9 Å². The summed E-state index contributed by atoms with van der Waals surface area (Å²) in [6.45, 7) is -46.2. The van der Waals surface area contributed by atoms with Crippen molar-refractivity contribution in [2.45, 2.75) is 126 Å². The lowest BCUT2D eigenvalue weighted by molar-refractivity contribution is -0.161. The molecule has 0 aliphatic carbocycles. The van der Waals surface area contributed by atoms with E-state index >= 15 is 47.9 Å². The highest BCUT2D eigenvalue weighted by Crippen LogP contribution is 2.35. The first-order chi connectivity index (χ1) is 64.7. The number of hydrogen-bond donors (Lipinski definition) is 38. The van der Waals surface area contributed by atoms with Gasteiger partial charge in [0.1, 0.15) is 62.0 Å². The van der Waals surface area contributed by atoms with Gasteiger partial charge in [0, 0.05) is 51.2 Å². The van der Waals surface area contributed by atoms with Gasteiger partial charge in [0.05, 0.1) is 198 Å². The third-order valence-corrected chi connectivity index (χ3v) is 23.8. The lowest BCUT2D eigenvalue weighted by atomic mass is 9.77. The zero-order valence-electron chi connectivity index (χ0n) is 75.2. The molecule has 0 radical (unpaired) electrons. The van der Waals surface area contributed by atoms with Crippen LogP contribution in [0, 0.1) is 16.2 Å². The normalized spacial score (nSPS) is 12.9. The minimum atomic E-state index is -3.75. The van der Waals surface area contributed by atoms with Gasteiger partial charge >= 0.3 is 6.09 Å². The van der Waals surface area contributed by atoms with E-state index < -0.39 is 387 Å². The van der Waals surface area contributed by atoms with Crippen LogP contribution in [0.5, 0.6) is 0 Å². The van der Waals surface area contributed by atoms with Crippen molar-refractivity contribution in [3.8, 4) is 0 Å². The molecule has 0 heterocycles. The summed E-state index contributed by atoms with van der Waals surface area (Å²) in [5, 5.41) is 310. The van der Waals surface area contributed by atoms with Gasteiger partial charge in [-0.2, -0.15) is 0 Å². The molecule has 0 atom stereocenters. The van der Waals surface area contributed by atoms with E-state index in [1.54, 1.807) is 0 Å². The monoisotopic (exact) mass is 1960 g/mol. The number of fused-ring (bicyclic) bond motifs is 2. The number of benzene rings is 3. The molecule has 3 rings (SSSR count). The molecule has 136 heavy (non-hydrogen) atoms. The average molecular weight is 1960 g/mol. The van der Waals surface area contributed by atoms with Gasteiger partial charge in [0.25, 0.3) is 0 Å². The van der Waals surface area contributed by atoms with Gasteiger partial charge in [-0.3, -0.25) is 47.9 Å². The topological polar surface area (TPSA) is 903 Å². The fourth-order valence-corrected chi connectivity index (χ4v) is 13.4. The van der Waals surface area contributed by atoms with E-state index in [1.807, 2.05) is 102 Å². The van der Waals surface area contributed by atoms with E-state index in [1.165, 1.54) is 0 Å². The first-order valence-electron chi connectivity index (χ1n) is 43.0. The zero-order valence-corrected chi connectivity index (χ0v) is 75.2. The Kier molecular flexibility index (Phi) is 50.6. The largest absolute Gasteiger partial charge is 0.445 e. The number of hydrogen-bond acceptors (Lipinski definition) is 42. The van der Waals surface area contributed by atoms with Crippen LogP contribution in [0.4, 0.5) is 4.79 Å². The van der Waals surface area contributed by atoms with Crippen molar-refractivity contribution in [3.63, 3.8) is 0 Å². The molecule has 0 aliphatic rings. The van der Waals surface area contributed by atoms with Crippen LogP contribution in [0.3, 0.4) is 0 Å². The molecule has 38 N–H and O–H groups in total. The molecule has 0 aliphatic heterocycles. The van der Waals surface area contributed by atoms with E-state index in [0.717, 1.165) is 27.1 Å². The third kappa shape index (κ3) is 29.8. The van der Waals surface area contributed by atoms with Crippen LogP contribution in [0.25, 0.3) is 21.5 Å². The van der Waals surface area contributed by atoms with Crippen LogP contribution in [0.2, 0.25) is 0 Å². The molecule has 53 heteroatoms. The number of nitrogens with one attached hydrogen (secondary N) is 11. The summed E-state index contributed by atoms with van der Waals surface area (Å²) in [6.07, 6.45) is -5.63. The molecule has 0 fully saturated rings. The summed E-state index contributed by atoms with van der Waals surface area (Å²) < 4.78 is 24.2. The minimum Gasteiger partial charge on any atom is -0.445 e. The van der Waals surface area contributed by atoms with Crippen LogP contribution in [-0.4, -0.2) is 483 Å². The highest BCUT2D eigenvalue weighted by molar-refractivity contribution is 6.25. The SMILES string of the molecule is O=C(CCCCCCCNC(=O)OCc1c2ccccc2cc2ccccc12)NC(COCCCC(C(=O)NC(CO)(CO)CO)(C(=O)NC(CO)(CO)CO)C(=O)NC(CO)(CO)CO)(COCCC(C(=O)NC(CO)(CO)CO)(C(=O)NC(CO)(CO)CO)C(=O)NC(CO)(CO)CO)COCCC(C(=O)NC(CO)(CO)CO)(C(=O)NC(CO)(CO)CO)C(=O)NC(CO)(CO)CO. The Morgan fingerprint density at radius 2 is 0.478 bits per heavy atom. The molecule has 0 spiro atoms. The second-order valence-electron chi connectivity index (χ2n) is 34.0. The summed E-state index contributed by atoms with van der Waals surface area (Å²) in [4.78, 5) is 165. The maximum atomic E-state index is 15.3. The summed E-state index contributed by atoms with van der Waals surface area (Å²) in [7, 11) is 0. The van der Waals surface area contributed by atoms with E-state index in [-0.39, 0.29) is 26.0 Å². The number of amides is 11. The summed E-state index contributed by atoms with van der Waals surface area (Å²) in [5.41, 5.74) is -36.8. The maximum absolute atomic E-state index is 15.3. The summed E-state index contributed by atoms with van der Waals surface area (Å²) in [6, 6.07) is 17.0. The molecule has 11 amide bonds. The van der Waals surface area contributed by atoms with Crippen LogP contribution in [0.15, 0.2) is 54.6 Å². The van der Waals surface area contributed by atoms with Gasteiger partial charge in [0.15, 0.2) is 0 Å². The predicted octanol–water partition coefficient (Wildman–Crippen LogP) is -17.5. The predicted molar refractivity (Wildman–Crippen MR) is 466 cm³/mol. The lowest BCUT2D eigenvalue weighted by Crippen LogP contribution is -2.71. The number of ether oxygens (including phenoxy) is 4. The van der Waals surface area contributed by atoms with Crippen LogP contribution < -0.4 is 58.5 Å². The fraction of sp³-hybridized carbons (Fsp3) is 0.699. The van der Waals surface area contributed by atoms with Gasteiger partial charge in [-0.05, 0) is 53.3 Å². The van der Waals surface area contributed by atoms with Crippen LogP contribution in [0.1, 0.15) is 69.8 Å². The minimum absolute atomic E-state index is 0.0780. The first kappa shape index (κ1) is 121. The average Bonchev–Trinajstić information content (AvgIpc) is 0.752. The van der Waals surface area contributed by atoms with E-state index in [0.29, 0.717) is 19.3 Å². The van der Waals surface area contributed by atoms with Gasteiger partial charge in [-0.15, -0.1) is 0 Å². The van der Waals surface area contributed by atoms with E-state index in [9.17, 15) is 143 Å². The Balaban J connectivity index is 2.60. The van der Waals surface area contributed by atoms with Crippen LogP contribution in [-0.2, 0) is 73.5 Å². The second kappa shape index (κ2) is 56.9. The van der Waals surface area contributed by atoms with Crippen molar-refractivity contribution in [1.29, 1.82) is 0 Å². The Labute approximate surface area is 779 Å². The quantitative estimate of drug-likeness (QED) is 0.0142. The number of rotatable bonds is 72. The second-order valence-corrected chi connectivity index (χ2v) is 34.0. The van der Waals surface area contributed by atoms with Crippen LogP contribution >= 0.6 is 0 Å². The Bertz CT molecular complexity index is 3730. The molecule has 3 aromatic carbocycles. The molecule has 0 saturated carbocycles. The van der Waals surface area contributed by atoms with Gasteiger partial charge in [0.2, 0.25) is 75.3 Å². The summed E-state index contributed by atoms with van der Waals surface area (Å²) in [5.74, 6) is -19.0. The molecule has 776 valence electrons. The molecule has 53 nitrogen and oxygen atoms in total. The molecular weight excluding hydrogens is 1820 g/mol. The van der Waals surface area contributed by atoms with Crippen molar-refractivity contribution in [3.05, 3.63) is 60.2 Å². The zero-order chi connectivity index (χ0) is 103. The smallest absolute Gasteiger partial charge is 0.407 e. The summed E-state index contributed by atoms with van der Waals surface area (Å²) >= 11 is 0. The maximum Gasteiger partial charge on any atom is 0.407 e.